The van der Waals surface area contributed by atoms with Crippen molar-refractivity contribution in [2.45, 2.75) is 38.5 Å². The number of carbonyl (C=O) groups excluding carboxylic acids is 2. The first kappa shape index (κ1) is 23.5. The average molecular weight is 521 g/mol. The van der Waals surface area contributed by atoms with Crippen LogP contribution < -0.4 is 5.32 Å². The summed E-state index contributed by atoms with van der Waals surface area (Å²) in [6, 6.07) is 3.90. The molecule has 0 atom stereocenters. The number of hydrogen-bond acceptors (Lipinski definition) is 6. The Hall–Kier alpha value is -4.60. The lowest BCUT2D eigenvalue weighted by molar-refractivity contribution is -0.124. The smallest absolute Gasteiger partial charge is 0.256 e. The van der Waals surface area contributed by atoms with Gasteiger partial charge in [-0.15, -0.1) is 0 Å². The van der Waals surface area contributed by atoms with Crippen LogP contribution in [0.2, 0.25) is 0 Å². The number of nitrogens with one attached hydrogen (secondary N) is 3. The monoisotopic (exact) mass is 520 g/mol. The third-order valence-electron chi connectivity index (χ3n) is 7.55. The van der Waals surface area contributed by atoms with E-state index in [0.717, 1.165) is 73.8 Å². The van der Waals surface area contributed by atoms with Gasteiger partial charge in [0.2, 0.25) is 5.91 Å². The number of likely N-dealkylation sites (tertiary alicyclic amines) is 1. The van der Waals surface area contributed by atoms with Crippen LogP contribution in [0.3, 0.4) is 0 Å². The van der Waals surface area contributed by atoms with E-state index in [2.05, 4.69) is 36.5 Å². The van der Waals surface area contributed by atoms with Crippen LogP contribution in [0.5, 0.6) is 0 Å². The largest absolute Gasteiger partial charge is 0.340 e. The van der Waals surface area contributed by atoms with E-state index < -0.39 is 0 Å². The summed E-state index contributed by atoms with van der Waals surface area (Å²) in [4.78, 5) is 44.8. The topological polar surface area (TPSA) is 133 Å². The van der Waals surface area contributed by atoms with Crippen LogP contribution in [-0.2, 0) is 16.0 Å². The molecule has 196 valence electrons. The first-order chi connectivity index (χ1) is 19.1. The summed E-state index contributed by atoms with van der Waals surface area (Å²) in [5.74, 6) is 0.800. The van der Waals surface area contributed by atoms with Gasteiger partial charge in [0.1, 0.15) is 5.69 Å². The highest BCUT2D eigenvalue weighted by molar-refractivity contribution is 6.19. The summed E-state index contributed by atoms with van der Waals surface area (Å²) in [6.07, 6.45) is 16.6. The zero-order valence-electron chi connectivity index (χ0n) is 21.4. The van der Waals surface area contributed by atoms with Crippen molar-refractivity contribution in [3.8, 4) is 22.6 Å². The highest BCUT2D eigenvalue weighted by atomic mass is 16.2. The second-order valence-electron chi connectivity index (χ2n) is 10.4. The fourth-order valence-electron chi connectivity index (χ4n) is 5.26. The quantitative estimate of drug-likeness (QED) is 0.360. The molecule has 10 nitrogen and oxygen atoms in total. The highest BCUT2D eigenvalue weighted by Gasteiger charge is 2.30. The van der Waals surface area contributed by atoms with Gasteiger partial charge in [-0.1, -0.05) is 12.2 Å². The minimum absolute atomic E-state index is 0.0259. The summed E-state index contributed by atoms with van der Waals surface area (Å²) in [7, 11) is 0. The van der Waals surface area contributed by atoms with E-state index >= 15 is 0 Å². The van der Waals surface area contributed by atoms with Gasteiger partial charge in [-0.25, -0.2) is 9.97 Å². The molecule has 3 N–H and O–H groups in total. The lowest BCUT2D eigenvalue weighted by Gasteiger charge is -2.17. The average Bonchev–Trinajstić information content (AvgIpc) is 3.30. The molecule has 1 saturated heterocycles. The zero-order chi connectivity index (χ0) is 26.3. The van der Waals surface area contributed by atoms with Gasteiger partial charge in [0.15, 0.2) is 11.5 Å². The third-order valence-corrected chi connectivity index (χ3v) is 7.55. The molecule has 1 aliphatic heterocycles. The van der Waals surface area contributed by atoms with Crippen LogP contribution in [0, 0.1) is 5.92 Å². The van der Waals surface area contributed by atoms with E-state index in [0.29, 0.717) is 34.1 Å². The van der Waals surface area contributed by atoms with Crippen molar-refractivity contribution in [1.29, 1.82) is 0 Å². The van der Waals surface area contributed by atoms with E-state index in [1.165, 1.54) is 0 Å². The molecule has 4 aromatic heterocycles. The van der Waals surface area contributed by atoms with Crippen LogP contribution in [0.1, 0.15) is 43.5 Å². The molecule has 1 saturated carbocycles. The minimum atomic E-state index is 0.0259. The normalized spacial score (nSPS) is 17.8. The zero-order valence-corrected chi connectivity index (χ0v) is 21.4. The predicted molar refractivity (Wildman–Crippen MR) is 147 cm³/mol. The Morgan fingerprint density at radius 1 is 1.05 bits per heavy atom. The maximum Gasteiger partial charge on any atom is 0.256 e. The highest BCUT2D eigenvalue weighted by Crippen LogP contribution is 2.33. The van der Waals surface area contributed by atoms with Crippen molar-refractivity contribution in [1.82, 2.24) is 35.0 Å². The number of hydrogen-bond donors (Lipinski definition) is 3. The number of anilines is 1. The lowest BCUT2D eigenvalue weighted by Crippen LogP contribution is -2.28. The van der Waals surface area contributed by atoms with Gasteiger partial charge in [0.05, 0.1) is 28.5 Å². The van der Waals surface area contributed by atoms with Gasteiger partial charge >= 0.3 is 0 Å². The van der Waals surface area contributed by atoms with Crippen molar-refractivity contribution in [3.05, 3.63) is 60.3 Å². The predicted octanol–water partition coefficient (Wildman–Crippen LogP) is 4.27. The Morgan fingerprint density at radius 2 is 1.90 bits per heavy atom. The molecule has 3 aliphatic rings. The number of allylic oxidation sites excluding steroid dienone is 3. The molecule has 10 heteroatoms. The van der Waals surface area contributed by atoms with Gasteiger partial charge < -0.3 is 15.2 Å². The van der Waals surface area contributed by atoms with Gasteiger partial charge in [-0.05, 0) is 56.7 Å². The molecule has 0 spiro atoms. The molecular formula is C29H28N8O2. The van der Waals surface area contributed by atoms with Crippen LogP contribution in [0.15, 0.2) is 49.0 Å². The van der Waals surface area contributed by atoms with Crippen molar-refractivity contribution in [2.75, 3.05) is 18.4 Å². The SMILES string of the molecule is O=C(Nc1cncc(-c2cnc3n[nH]c(-c4nc5c([nH]4)CC/C=C\C=C5C(=O)N4CCCC4)c3c2)c1)C1CC1. The Kier molecular flexibility index (Phi) is 5.79. The number of pyridine rings is 2. The molecule has 0 aromatic carbocycles. The number of amides is 2. The maximum atomic E-state index is 13.4. The number of aromatic nitrogens is 6. The van der Waals surface area contributed by atoms with Gasteiger partial charge in [-0.3, -0.25) is 19.7 Å². The minimum Gasteiger partial charge on any atom is -0.340 e. The molecule has 7 rings (SSSR count). The van der Waals surface area contributed by atoms with Crippen molar-refractivity contribution in [3.63, 3.8) is 0 Å². The van der Waals surface area contributed by atoms with Gasteiger partial charge in [-0.2, -0.15) is 5.10 Å². The Balaban J connectivity index is 1.24. The molecule has 0 unspecified atom stereocenters. The van der Waals surface area contributed by atoms with Gasteiger partial charge in [0, 0.05) is 48.2 Å². The standard InChI is InChI=1S/C29H28N8O2/c38-28(17-8-9-17)32-20-12-18(14-30-16-20)19-13-22-25(35-36-26(22)31-15-19)27-33-23-7-3-1-2-6-21(24(23)34-27)29(39)37-10-4-5-11-37/h1-2,6,12-17H,3-5,7-11H2,(H,32,38)(H,33,34)(H,31,35,36)/b2-1-,21-6?. The summed E-state index contributed by atoms with van der Waals surface area (Å²) in [6.45, 7) is 1.57. The number of imidazole rings is 1. The van der Waals surface area contributed by atoms with Crippen LogP contribution in [-0.4, -0.2) is 59.9 Å². The summed E-state index contributed by atoms with van der Waals surface area (Å²) < 4.78 is 0. The third kappa shape index (κ3) is 4.52. The molecule has 2 fully saturated rings. The van der Waals surface area contributed by atoms with Crippen molar-refractivity contribution < 1.29 is 9.59 Å². The maximum absolute atomic E-state index is 13.4. The van der Waals surface area contributed by atoms with Crippen LogP contribution >= 0.6 is 0 Å². The van der Waals surface area contributed by atoms with E-state index in [4.69, 9.17) is 4.98 Å². The fraction of sp³-hybridized carbons (Fsp3) is 0.310. The Morgan fingerprint density at radius 3 is 2.74 bits per heavy atom. The Labute approximate surface area is 224 Å². The lowest BCUT2D eigenvalue weighted by atomic mass is 10.0. The van der Waals surface area contributed by atoms with Gasteiger partial charge in [0.25, 0.3) is 5.91 Å². The van der Waals surface area contributed by atoms with Crippen LogP contribution in [0.25, 0.3) is 39.3 Å². The first-order valence-electron chi connectivity index (χ1n) is 13.5. The second kappa shape index (κ2) is 9.61. The molecule has 0 radical (unpaired) electrons. The van der Waals surface area contributed by atoms with E-state index in [1.807, 2.05) is 29.2 Å². The molecule has 39 heavy (non-hydrogen) atoms. The molecule has 2 aliphatic carbocycles. The number of rotatable bonds is 5. The Bertz CT molecular complexity index is 1650. The number of nitrogens with zero attached hydrogens (tertiary/aromatic N) is 5. The van der Waals surface area contributed by atoms with E-state index in [-0.39, 0.29) is 17.7 Å². The number of aromatic amines is 2. The molecule has 5 heterocycles. The number of carbonyl (C=O) groups is 2. The molecule has 0 bridgehead atoms. The van der Waals surface area contributed by atoms with Crippen molar-refractivity contribution in [2.24, 2.45) is 5.92 Å². The number of fused-ring (bicyclic) bond motifs is 2. The summed E-state index contributed by atoms with van der Waals surface area (Å²) in [5, 5.41) is 11.3. The second-order valence-corrected chi connectivity index (χ2v) is 10.4. The molecule has 2 amide bonds. The molecule has 4 aromatic rings. The summed E-state index contributed by atoms with van der Waals surface area (Å²) >= 11 is 0. The summed E-state index contributed by atoms with van der Waals surface area (Å²) in [5.41, 5.74) is 5.86. The number of aryl methyl sites for hydroxylation is 1. The van der Waals surface area contributed by atoms with E-state index in [1.54, 1.807) is 18.6 Å². The molecular weight excluding hydrogens is 492 g/mol. The van der Waals surface area contributed by atoms with Crippen molar-refractivity contribution >= 4 is 34.1 Å². The van der Waals surface area contributed by atoms with E-state index in [9.17, 15) is 9.59 Å². The first-order valence-corrected chi connectivity index (χ1v) is 13.5. The number of H-pyrrole nitrogens is 2. The fourth-order valence-corrected chi connectivity index (χ4v) is 5.26. The van der Waals surface area contributed by atoms with Crippen LogP contribution in [0.4, 0.5) is 5.69 Å².